The molecule has 0 unspecified atom stereocenters. The van der Waals surface area contributed by atoms with Crippen LogP contribution in [-0.4, -0.2) is 6.43 Å². The molecule has 0 aromatic carbocycles. The number of rotatable bonds is 2. The molecule has 0 saturated heterocycles. The molecule has 1 fully saturated rings. The van der Waals surface area contributed by atoms with E-state index < -0.39 is 6.43 Å². The Labute approximate surface area is 54.3 Å². The van der Waals surface area contributed by atoms with Crippen LogP contribution in [0.2, 0.25) is 0 Å². The van der Waals surface area contributed by atoms with Crippen molar-refractivity contribution >= 4 is 0 Å². The van der Waals surface area contributed by atoms with Crippen LogP contribution in [0.15, 0.2) is 0 Å². The maximum Gasteiger partial charge on any atom is 0.239 e. The van der Waals surface area contributed by atoms with Crippen molar-refractivity contribution in [3.05, 3.63) is 6.92 Å². The van der Waals surface area contributed by atoms with Gasteiger partial charge >= 0.3 is 0 Å². The summed E-state index contributed by atoms with van der Waals surface area (Å²) in [5.74, 6) is 0. The molecule has 0 nitrogen and oxygen atoms in total. The largest absolute Gasteiger partial charge is 0.239 e. The Kier molecular flexibility index (Phi) is 1.73. The molecule has 0 aliphatic heterocycles. The zero-order valence-corrected chi connectivity index (χ0v) is 5.37. The topological polar surface area (TPSA) is 0 Å². The first-order valence-corrected chi connectivity index (χ1v) is 3.26. The van der Waals surface area contributed by atoms with Crippen molar-refractivity contribution in [2.24, 2.45) is 5.41 Å². The highest BCUT2D eigenvalue weighted by Crippen LogP contribution is 2.44. The first-order valence-electron chi connectivity index (χ1n) is 3.26. The van der Waals surface area contributed by atoms with E-state index in [0.717, 1.165) is 19.3 Å². The minimum Gasteiger partial charge on any atom is -0.211 e. The number of hydrogen-bond donors (Lipinski definition) is 0. The van der Waals surface area contributed by atoms with E-state index in [0.29, 0.717) is 0 Å². The van der Waals surface area contributed by atoms with Crippen LogP contribution in [0.5, 0.6) is 0 Å². The molecule has 0 spiro atoms. The van der Waals surface area contributed by atoms with Crippen LogP contribution >= 0.6 is 0 Å². The molecule has 0 amide bonds. The van der Waals surface area contributed by atoms with Crippen molar-refractivity contribution < 1.29 is 8.78 Å². The highest BCUT2D eigenvalue weighted by Gasteiger charge is 2.34. The summed E-state index contributed by atoms with van der Waals surface area (Å²) >= 11 is 0. The van der Waals surface area contributed by atoms with Gasteiger partial charge in [0.2, 0.25) is 6.43 Å². The fourth-order valence-corrected chi connectivity index (χ4v) is 1.21. The predicted molar refractivity (Wildman–Crippen MR) is 32.3 cm³/mol. The lowest BCUT2D eigenvalue weighted by molar-refractivity contribution is 0.0527. The fraction of sp³-hybridized carbons (Fsp3) is 0.857. The minimum absolute atomic E-state index is 0.00694. The van der Waals surface area contributed by atoms with Crippen LogP contribution in [0.3, 0.4) is 0 Å². The molecule has 0 atom stereocenters. The first kappa shape index (κ1) is 6.97. The average molecular weight is 133 g/mol. The molecule has 0 heterocycles. The van der Waals surface area contributed by atoms with E-state index in [1.165, 1.54) is 0 Å². The van der Waals surface area contributed by atoms with E-state index in [2.05, 4.69) is 6.92 Å². The Morgan fingerprint density at radius 2 is 2.00 bits per heavy atom. The Balaban J connectivity index is 2.24. The van der Waals surface area contributed by atoms with E-state index in [1.54, 1.807) is 0 Å². The number of alkyl halides is 2. The Bertz CT molecular complexity index is 95.1. The van der Waals surface area contributed by atoms with Crippen LogP contribution in [0.4, 0.5) is 8.78 Å². The molecule has 9 heavy (non-hydrogen) atoms. The van der Waals surface area contributed by atoms with Gasteiger partial charge in [-0.15, -0.1) is 0 Å². The van der Waals surface area contributed by atoms with Gasteiger partial charge in [-0.25, -0.2) is 8.78 Å². The van der Waals surface area contributed by atoms with Crippen molar-refractivity contribution in [2.45, 2.75) is 32.1 Å². The van der Waals surface area contributed by atoms with E-state index in [1.807, 2.05) is 0 Å². The zero-order chi connectivity index (χ0) is 6.91. The van der Waals surface area contributed by atoms with Gasteiger partial charge in [-0.3, -0.25) is 0 Å². The molecular weight excluding hydrogens is 122 g/mol. The lowest BCUT2D eigenvalue weighted by atomic mass is 9.68. The Morgan fingerprint density at radius 3 is 2.11 bits per heavy atom. The molecule has 1 radical (unpaired) electrons. The normalized spacial score (nSPS) is 24.0. The summed E-state index contributed by atoms with van der Waals surface area (Å²) in [5, 5.41) is 0. The molecule has 1 aliphatic carbocycles. The Morgan fingerprint density at radius 1 is 1.44 bits per heavy atom. The van der Waals surface area contributed by atoms with Gasteiger partial charge in [-0.2, -0.15) is 0 Å². The van der Waals surface area contributed by atoms with Gasteiger partial charge in [0, 0.05) is 6.42 Å². The van der Waals surface area contributed by atoms with Crippen LogP contribution in [0.25, 0.3) is 0 Å². The quantitative estimate of drug-likeness (QED) is 0.543. The third-order valence-corrected chi connectivity index (χ3v) is 2.00. The third kappa shape index (κ3) is 1.63. The number of hydrogen-bond acceptors (Lipinski definition) is 0. The van der Waals surface area contributed by atoms with E-state index >= 15 is 0 Å². The second kappa shape index (κ2) is 2.24. The first-order chi connectivity index (χ1) is 4.12. The van der Waals surface area contributed by atoms with Crippen molar-refractivity contribution in [3.63, 3.8) is 0 Å². The van der Waals surface area contributed by atoms with Gasteiger partial charge in [0.1, 0.15) is 0 Å². The molecule has 0 N–H and O–H groups in total. The molecule has 1 aliphatic rings. The van der Waals surface area contributed by atoms with Crippen molar-refractivity contribution in [3.8, 4) is 0 Å². The highest BCUT2D eigenvalue weighted by atomic mass is 19.3. The summed E-state index contributed by atoms with van der Waals surface area (Å²) < 4.78 is 23.4. The van der Waals surface area contributed by atoms with Gasteiger partial charge in [0.25, 0.3) is 0 Å². The van der Waals surface area contributed by atoms with Gasteiger partial charge in [-0.1, -0.05) is 6.42 Å². The lowest BCUT2D eigenvalue weighted by Crippen LogP contribution is -2.28. The maximum absolute atomic E-state index is 11.7. The van der Waals surface area contributed by atoms with E-state index in [9.17, 15) is 8.78 Å². The number of halogens is 2. The van der Waals surface area contributed by atoms with Crippen LogP contribution in [0.1, 0.15) is 25.7 Å². The fourth-order valence-electron chi connectivity index (χ4n) is 1.21. The van der Waals surface area contributed by atoms with Crippen LogP contribution in [0, 0.1) is 12.3 Å². The molecule has 2 heteroatoms. The molecule has 0 aromatic heterocycles. The molecular formula is C7H11F2. The summed E-state index contributed by atoms with van der Waals surface area (Å²) in [7, 11) is 0. The monoisotopic (exact) mass is 133 g/mol. The van der Waals surface area contributed by atoms with Crippen molar-refractivity contribution in [1.29, 1.82) is 0 Å². The van der Waals surface area contributed by atoms with Crippen LogP contribution in [-0.2, 0) is 0 Å². The van der Waals surface area contributed by atoms with Crippen LogP contribution < -0.4 is 0 Å². The van der Waals surface area contributed by atoms with Gasteiger partial charge in [0.05, 0.1) is 0 Å². The summed E-state index contributed by atoms with van der Waals surface area (Å²) in [6, 6.07) is 0. The summed E-state index contributed by atoms with van der Waals surface area (Å²) in [6.07, 6.45) is 0.681. The van der Waals surface area contributed by atoms with Gasteiger partial charge in [-0.05, 0) is 25.2 Å². The molecule has 53 valence electrons. The lowest BCUT2D eigenvalue weighted by Gasteiger charge is -2.37. The molecule has 1 saturated carbocycles. The average Bonchev–Trinajstić information content (AvgIpc) is 1.60. The van der Waals surface area contributed by atoms with Gasteiger partial charge in [0.15, 0.2) is 0 Å². The molecule has 0 bridgehead atoms. The standard InChI is InChI=1S/C7H11F2/c1-7(3-2-4-7)5-6(8)9/h6H,1-5H2. The molecule has 1 rings (SSSR count). The Hall–Kier alpha value is -0.140. The second-order valence-electron chi connectivity index (χ2n) is 2.95. The second-order valence-corrected chi connectivity index (χ2v) is 2.95. The highest BCUT2D eigenvalue weighted by molar-refractivity contribution is 4.90. The van der Waals surface area contributed by atoms with Crippen molar-refractivity contribution in [1.82, 2.24) is 0 Å². The predicted octanol–water partition coefficient (Wildman–Crippen LogP) is 2.65. The van der Waals surface area contributed by atoms with E-state index in [4.69, 9.17) is 0 Å². The summed E-state index contributed by atoms with van der Waals surface area (Å²) in [5.41, 5.74) is -0.256. The summed E-state index contributed by atoms with van der Waals surface area (Å²) in [6.45, 7) is 3.74. The smallest absolute Gasteiger partial charge is 0.211 e. The van der Waals surface area contributed by atoms with E-state index in [-0.39, 0.29) is 11.8 Å². The zero-order valence-electron chi connectivity index (χ0n) is 5.37. The maximum atomic E-state index is 11.7. The van der Waals surface area contributed by atoms with Gasteiger partial charge < -0.3 is 0 Å². The molecule has 0 aromatic rings. The third-order valence-electron chi connectivity index (χ3n) is 2.00. The van der Waals surface area contributed by atoms with Crippen molar-refractivity contribution in [2.75, 3.05) is 0 Å². The summed E-state index contributed by atoms with van der Waals surface area (Å²) in [4.78, 5) is 0. The minimum atomic E-state index is -2.16. The SMILES string of the molecule is [CH2]C1(CC(F)F)CCC1.